The SMILES string of the molecule is CN(C(=O)Cn1ccc(N)n1)C1CCCCC1. The van der Waals surface area contributed by atoms with E-state index in [2.05, 4.69) is 5.10 Å². The monoisotopic (exact) mass is 236 g/mol. The fraction of sp³-hybridized carbons (Fsp3) is 0.667. The third-order valence-corrected chi connectivity index (χ3v) is 3.47. The molecule has 2 rings (SSSR count). The summed E-state index contributed by atoms with van der Waals surface area (Å²) in [4.78, 5) is 13.9. The first-order valence-corrected chi connectivity index (χ1v) is 6.21. The second-order valence-electron chi connectivity index (χ2n) is 4.73. The molecule has 2 N–H and O–H groups in total. The normalized spacial score (nSPS) is 17.0. The van der Waals surface area contributed by atoms with Gasteiger partial charge in [-0.05, 0) is 18.9 Å². The van der Waals surface area contributed by atoms with Crippen LogP contribution in [0.1, 0.15) is 32.1 Å². The minimum Gasteiger partial charge on any atom is -0.382 e. The Morgan fingerprint density at radius 2 is 2.24 bits per heavy atom. The average molecular weight is 236 g/mol. The van der Waals surface area contributed by atoms with Crippen LogP contribution in [0.4, 0.5) is 5.82 Å². The maximum Gasteiger partial charge on any atom is 0.244 e. The number of likely N-dealkylation sites (N-methyl/N-ethyl adjacent to an activating group) is 1. The molecule has 1 aromatic heterocycles. The van der Waals surface area contributed by atoms with Crippen molar-refractivity contribution in [2.75, 3.05) is 12.8 Å². The Bertz CT molecular complexity index is 382. The summed E-state index contributed by atoms with van der Waals surface area (Å²) in [6.07, 6.45) is 7.76. The lowest BCUT2D eigenvalue weighted by Crippen LogP contribution is -2.40. The molecular weight excluding hydrogens is 216 g/mol. The molecule has 0 aliphatic heterocycles. The van der Waals surface area contributed by atoms with Crippen LogP contribution in [-0.4, -0.2) is 33.7 Å². The number of amides is 1. The molecule has 0 spiro atoms. The Kier molecular flexibility index (Phi) is 3.66. The topological polar surface area (TPSA) is 64.2 Å². The van der Waals surface area contributed by atoms with Gasteiger partial charge >= 0.3 is 0 Å². The summed E-state index contributed by atoms with van der Waals surface area (Å²) in [7, 11) is 1.89. The Morgan fingerprint density at radius 3 is 2.82 bits per heavy atom. The van der Waals surface area contributed by atoms with Gasteiger partial charge in [0.05, 0.1) is 0 Å². The number of nitrogens with zero attached hydrogens (tertiary/aromatic N) is 3. The van der Waals surface area contributed by atoms with Crippen LogP contribution in [-0.2, 0) is 11.3 Å². The molecule has 1 amide bonds. The molecule has 0 atom stereocenters. The molecular formula is C12H20N4O. The molecule has 1 aliphatic rings. The van der Waals surface area contributed by atoms with Gasteiger partial charge in [0.1, 0.15) is 12.4 Å². The molecule has 0 aromatic carbocycles. The van der Waals surface area contributed by atoms with Crippen LogP contribution in [0, 0.1) is 0 Å². The third kappa shape index (κ3) is 2.99. The van der Waals surface area contributed by atoms with Crippen LogP contribution in [0.3, 0.4) is 0 Å². The summed E-state index contributed by atoms with van der Waals surface area (Å²) in [5.41, 5.74) is 5.52. The number of hydrogen-bond donors (Lipinski definition) is 1. The van der Waals surface area contributed by atoms with Gasteiger partial charge in [0.2, 0.25) is 5.91 Å². The molecule has 1 heterocycles. The Morgan fingerprint density at radius 1 is 1.53 bits per heavy atom. The van der Waals surface area contributed by atoms with Crippen LogP contribution in [0.2, 0.25) is 0 Å². The highest BCUT2D eigenvalue weighted by Gasteiger charge is 2.22. The number of nitrogen functional groups attached to an aromatic ring is 1. The average Bonchev–Trinajstić information content (AvgIpc) is 2.75. The number of aromatic nitrogens is 2. The fourth-order valence-corrected chi connectivity index (χ4v) is 2.39. The van der Waals surface area contributed by atoms with E-state index in [4.69, 9.17) is 5.73 Å². The Balaban J connectivity index is 1.90. The third-order valence-electron chi connectivity index (χ3n) is 3.47. The number of nitrogens with two attached hydrogens (primary N) is 1. The smallest absolute Gasteiger partial charge is 0.244 e. The highest BCUT2D eigenvalue weighted by molar-refractivity contribution is 5.76. The number of carbonyl (C=O) groups excluding carboxylic acids is 1. The highest BCUT2D eigenvalue weighted by Crippen LogP contribution is 2.21. The number of rotatable bonds is 3. The van der Waals surface area contributed by atoms with E-state index >= 15 is 0 Å². The van der Waals surface area contributed by atoms with E-state index in [1.165, 1.54) is 19.3 Å². The van der Waals surface area contributed by atoms with Crippen molar-refractivity contribution in [1.29, 1.82) is 0 Å². The Hall–Kier alpha value is -1.52. The Labute approximate surface area is 102 Å². The molecule has 0 unspecified atom stereocenters. The molecule has 1 fully saturated rings. The summed E-state index contributed by atoms with van der Waals surface area (Å²) in [5.74, 6) is 0.568. The molecule has 0 bridgehead atoms. The quantitative estimate of drug-likeness (QED) is 0.859. The lowest BCUT2D eigenvalue weighted by molar-refractivity contribution is -0.133. The molecule has 17 heavy (non-hydrogen) atoms. The maximum atomic E-state index is 12.0. The second-order valence-corrected chi connectivity index (χ2v) is 4.73. The van der Waals surface area contributed by atoms with E-state index in [0.717, 1.165) is 12.8 Å². The minimum absolute atomic E-state index is 0.111. The zero-order valence-corrected chi connectivity index (χ0v) is 10.3. The number of hydrogen-bond acceptors (Lipinski definition) is 3. The van der Waals surface area contributed by atoms with Gasteiger partial charge in [0.15, 0.2) is 0 Å². The maximum absolute atomic E-state index is 12.0. The number of anilines is 1. The van der Waals surface area contributed by atoms with Crippen LogP contribution in [0.5, 0.6) is 0 Å². The van der Waals surface area contributed by atoms with Crippen LogP contribution < -0.4 is 5.73 Å². The van der Waals surface area contributed by atoms with Gasteiger partial charge in [0.25, 0.3) is 0 Å². The van der Waals surface area contributed by atoms with Gasteiger partial charge in [-0.25, -0.2) is 0 Å². The molecule has 0 radical (unpaired) electrons. The zero-order chi connectivity index (χ0) is 12.3. The summed E-state index contributed by atoms with van der Waals surface area (Å²) in [6.45, 7) is 0.282. The van der Waals surface area contributed by atoms with Gasteiger partial charge < -0.3 is 10.6 Å². The van der Waals surface area contributed by atoms with Gasteiger partial charge in [0, 0.05) is 19.3 Å². The van der Waals surface area contributed by atoms with Crippen molar-refractivity contribution in [3.05, 3.63) is 12.3 Å². The van der Waals surface area contributed by atoms with Gasteiger partial charge in [-0.15, -0.1) is 0 Å². The minimum atomic E-state index is 0.111. The molecule has 5 heteroatoms. The predicted molar refractivity (Wildman–Crippen MR) is 66.3 cm³/mol. The lowest BCUT2D eigenvalue weighted by Gasteiger charge is -2.31. The van der Waals surface area contributed by atoms with Crippen molar-refractivity contribution in [3.8, 4) is 0 Å². The van der Waals surface area contributed by atoms with E-state index in [9.17, 15) is 4.79 Å². The van der Waals surface area contributed by atoms with E-state index in [-0.39, 0.29) is 12.5 Å². The van der Waals surface area contributed by atoms with E-state index in [1.807, 2.05) is 11.9 Å². The molecule has 0 saturated heterocycles. The second kappa shape index (κ2) is 5.21. The van der Waals surface area contributed by atoms with Crippen LogP contribution >= 0.6 is 0 Å². The fourth-order valence-electron chi connectivity index (χ4n) is 2.39. The first-order chi connectivity index (χ1) is 8.16. The van der Waals surface area contributed by atoms with Gasteiger partial charge in [-0.2, -0.15) is 5.10 Å². The van der Waals surface area contributed by atoms with Crippen LogP contribution in [0.25, 0.3) is 0 Å². The highest BCUT2D eigenvalue weighted by atomic mass is 16.2. The van der Waals surface area contributed by atoms with Crippen molar-refractivity contribution >= 4 is 11.7 Å². The van der Waals surface area contributed by atoms with E-state index < -0.39 is 0 Å². The summed E-state index contributed by atoms with van der Waals surface area (Å²) >= 11 is 0. The molecule has 94 valence electrons. The van der Waals surface area contributed by atoms with E-state index in [0.29, 0.717) is 11.9 Å². The summed E-state index contributed by atoms with van der Waals surface area (Å²) < 4.78 is 1.59. The summed E-state index contributed by atoms with van der Waals surface area (Å²) in [5, 5.41) is 4.03. The predicted octanol–water partition coefficient (Wildman–Crippen LogP) is 1.26. The van der Waals surface area contributed by atoms with Gasteiger partial charge in [-0.3, -0.25) is 9.48 Å². The number of carbonyl (C=O) groups is 1. The van der Waals surface area contributed by atoms with Crippen molar-refractivity contribution in [1.82, 2.24) is 14.7 Å². The molecule has 1 aromatic rings. The van der Waals surface area contributed by atoms with E-state index in [1.54, 1.807) is 16.9 Å². The molecule has 5 nitrogen and oxygen atoms in total. The largest absolute Gasteiger partial charge is 0.382 e. The standard InChI is InChI=1S/C12H20N4O/c1-15(10-5-3-2-4-6-10)12(17)9-16-8-7-11(13)14-16/h7-8,10H,2-6,9H2,1H3,(H2,13,14). The lowest BCUT2D eigenvalue weighted by atomic mass is 9.94. The molecule has 1 aliphatic carbocycles. The van der Waals surface area contributed by atoms with Crippen molar-refractivity contribution in [3.63, 3.8) is 0 Å². The summed E-state index contributed by atoms with van der Waals surface area (Å²) in [6, 6.07) is 2.11. The van der Waals surface area contributed by atoms with Crippen molar-refractivity contribution in [2.24, 2.45) is 0 Å². The first kappa shape index (κ1) is 12.0. The first-order valence-electron chi connectivity index (χ1n) is 6.21. The zero-order valence-electron chi connectivity index (χ0n) is 10.3. The van der Waals surface area contributed by atoms with Crippen molar-refractivity contribution in [2.45, 2.75) is 44.7 Å². The van der Waals surface area contributed by atoms with Crippen LogP contribution in [0.15, 0.2) is 12.3 Å². The van der Waals surface area contributed by atoms with Crippen molar-refractivity contribution < 1.29 is 4.79 Å². The van der Waals surface area contributed by atoms with Gasteiger partial charge in [-0.1, -0.05) is 19.3 Å². The molecule has 1 saturated carbocycles.